The van der Waals surface area contributed by atoms with Gasteiger partial charge in [0.15, 0.2) is 0 Å². The van der Waals surface area contributed by atoms with Crippen molar-refractivity contribution in [2.75, 3.05) is 6.54 Å². The summed E-state index contributed by atoms with van der Waals surface area (Å²) in [6.45, 7) is 5.95. The Bertz CT molecular complexity index is 399. The smallest absolute Gasteiger partial charge is 0.227 e. The van der Waals surface area contributed by atoms with Gasteiger partial charge in [0.05, 0.1) is 6.42 Å². The predicted octanol–water partition coefficient (Wildman–Crippen LogP) is 1.45. The fourth-order valence-corrected chi connectivity index (χ4v) is 1.47. The first-order valence-electron chi connectivity index (χ1n) is 5.58. The minimum Gasteiger partial charge on any atom is -0.355 e. The Labute approximate surface area is 101 Å². The van der Waals surface area contributed by atoms with Crippen molar-refractivity contribution in [2.45, 2.75) is 32.6 Å². The van der Waals surface area contributed by atoms with Gasteiger partial charge in [-0.05, 0) is 18.6 Å². The highest BCUT2D eigenvalue weighted by atomic mass is 16.2. The first-order chi connectivity index (χ1) is 7.92. The Balaban J connectivity index is 2.56. The zero-order valence-corrected chi connectivity index (χ0v) is 10.5. The Kier molecular flexibility index (Phi) is 4.37. The summed E-state index contributed by atoms with van der Waals surface area (Å²) in [5.41, 5.74) is 0.865. The lowest BCUT2D eigenvalue weighted by Crippen LogP contribution is -2.37. The minimum absolute atomic E-state index is 0.0525. The van der Waals surface area contributed by atoms with Crippen LogP contribution in [0.5, 0.6) is 0 Å². The highest BCUT2D eigenvalue weighted by Gasteiger charge is 2.21. The third kappa shape index (κ3) is 4.34. The highest BCUT2D eigenvalue weighted by molar-refractivity contribution is 5.96. The van der Waals surface area contributed by atoms with Gasteiger partial charge >= 0.3 is 0 Å². The van der Waals surface area contributed by atoms with Crippen molar-refractivity contribution in [3.63, 3.8) is 0 Å². The van der Waals surface area contributed by atoms with E-state index in [9.17, 15) is 9.59 Å². The summed E-state index contributed by atoms with van der Waals surface area (Å²) in [6.07, 6.45) is 3.45. The Morgan fingerprint density at radius 3 is 2.65 bits per heavy atom. The normalized spacial score (nSPS) is 11.0. The first kappa shape index (κ1) is 13.4. The maximum Gasteiger partial charge on any atom is 0.227 e. The molecule has 0 aliphatic carbocycles. The van der Waals surface area contributed by atoms with Crippen LogP contribution < -0.4 is 5.32 Å². The Hall–Kier alpha value is -1.71. The van der Waals surface area contributed by atoms with Crippen LogP contribution in [0.25, 0.3) is 0 Å². The van der Waals surface area contributed by atoms with Crippen LogP contribution in [0.4, 0.5) is 0 Å². The lowest BCUT2D eigenvalue weighted by Gasteiger charge is -2.25. The summed E-state index contributed by atoms with van der Waals surface area (Å²) in [7, 11) is 0. The van der Waals surface area contributed by atoms with E-state index >= 15 is 0 Å². The maximum atomic E-state index is 11.4. The van der Waals surface area contributed by atoms with E-state index in [1.807, 2.05) is 26.0 Å². The summed E-state index contributed by atoms with van der Waals surface area (Å²) < 4.78 is 0. The molecule has 0 aliphatic rings. The van der Waals surface area contributed by atoms with Crippen LogP contribution in [0.2, 0.25) is 0 Å². The van der Waals surface area contributed by atoms with Gasteiger partial charge in [0.25, 0.3) is 0 Å². The number of hydrogen-bond acceptors (Lipinski definition) is 3. The zero-order chi connectivity index (χ0) is 12.9. The summed E-state index contributed by atoms with van der Waals surface area (Å²) >= 11 is 0. The van der Waals surface area contributed by atoms with E-state index in [2.05, 4.69) is 10.3 Å². The molecule has 0 bridgehead atoms. The summed E-state index contributed by atoms with van der Waals surface area (Å²) in [6, 6.07) is 3.85. The lowest BCUT2D eigenvalue weighted by molar-refractivity contribution is -0.127. The Morgan fingerprint density at radius 2 is 2.12 bits per heavy atom. The minimum atomic E-state index is -0.227. The van der Waals surface area contributed by atoms with Crippen LogP contribution in [-0.2, 0) is 15.0 Å². The van der Waals surface area contributed by atoms with E-state index in [-0.39, 0.29) is 23.5 Å². The van der Waals surface area contributed by atoms with Crippen LogP contribution in [0.1, 0.15) is 32.8 Å². The number of hydrogen-bond donors (Lipinski definition) is 1. The molecule has 1 heterocycles. The average Bonchev–Trinajstić information content (AvgIpc) is 2.27. The fraction of sp³-hybridized carbons (Fsp3) is 0.462. The second-order valence-corrected chi connectivity index (χ2v) is 4.78. The third-order valence-corrected chi connectivity index (χ3v) is 2.58. The van der Waals surface area contributed by atoms with Crippen LogP contribution in [0.15, 0.2) is 24.5 Å². The third-order valence-electron chi connectivity index (χ3n) is 2.58. The summed E-state index contributed by atoms with van der Waals surface area (Å²) in [5, 5.41) is 2.77. The number of Topliss-reactive ketones (excluding diaryl/α,β-unsaturated/α-hetero) is 1. The van der Waals surface area contributed by atoms with Gasteiger partial charge in [-0.2, -0.15) is 0 Å². The molecule has 1 rings (SSSR count). The van der Waals surface area contributed by atoms with E-state index in [1.165, 1.54) is 6.92 Å². The SMILES string of the molecule is CC(=O)CC(=O)NCC(C)(C)c1cccnc1. The molecule has 0 saturated carbocycles. The molecular formula is C13H18N2O2. The number of amides is 1. The molecule has 0 fully saturated rings. The number of nitrogens with zero attached hydrogens (tertiary/aromatic N) is 1. The van der Waals surface area contributed by atoms with Crippen molar-refractivity contribution in [1.29, 1.82) is 0 Å². The second kappa shape index (κ2) is 5.57. The van der Waals surface area contributed by atoms with Gasteiger partial charge in [-0.1, -0.05) is 19.9 Å². The van der Waals surface area contributed by atoms with Crippen LogP contribution in [0.3, 0.4) is 0 Å². The van der Waals surface area contributed by atoms with Crippen LogP contribution in [0, 0.1) is 0 Å². The fourth-order valence-electron chi connectivity index (χ4n) is 1.47. The number of aromatic nitrogens is 1. The van der Waals surface area contributed by atoms with Gasteiger partial charge < -0.3 is 5.32 Å². The van der Waals surface area contributed by atoms with E-state index in [1.54, 1.807) is 12.4 Å². The first-order valence-corrected chi connectivity index (χ1v) is 5.58. The van der Waals surface area contributed by atoms with E-state index < -0.39 is 0 Å². The molecule has 17 heavy (non-hydrogen) atoms. The molecule has 0 unspecified atom stereocenters. The van der Waals surface area contributed by atoms with Gasteiger partial charge in [0.1, 0.15) is 5.78 Å². The summed E-state index contributed by atoms with van der Waals surface area (Å²) in [5.74, 6) is -0.351. The maximum absolute atomic E-state index is 11.4. The molecule has 0 radical (unpaired) electrons. The van der Waals surface area contributed by atoms with E-state index in [4.69, 9.17) is 0 Å². The molecular weight excluding hydrogens is 216 g/mol. The predicted molar refractivity (Wildman–Crippen MR) is 65.6 cm³/mol. The molecule has 0 aromatic carbocycles. The van der Waals surface area contributed by atoms with Crippen molar-refractivity contribution < 1.29 is 9.59 Å². The molecule has 0 saturated heterocycles. The number of carbonyl (C=O) groups is 2. The molecule has 4 nitrogen and oxygen atoms in total. The Morgan fingerprint density at radius 1 is 1.41 bits per heavy atom. The van der Waals surface area contributed by atoms with Crippen molar-refractivity contribution in [3.8, 4) is 0 Å². The molecule has 1 amide bonds. The molecule has 1 aromatic heterocycles. The topological polar surface area (TPSA) is 59.1 Å². The standard InChI is InChI=1S/C13H18N2O2/c1-10(16)7-12(17)15-9-13(2,3)11-5-4-6-14-8-11/h4-6,8H,7,9H2,1-3H3,(H,15,17). The van der Waals surface area contributed by atoms with Crippen molar-refractivity contribution in [3.05, 3.63) is 30.1 Å². The van der Waals surface area contributed by atoms with Gasteiger partial charge in [-0.15, -0.1) is 0 Å². The monoisotopic (exact) mass is 234 g/mol. The quantitative estimate of drug-likeness (QED) is 0.784. The summed E-state index contributed by atoms with van der Waals surface area (Å²) in [4.78, 5) is 26.2. The van der Waals surface area contributed by atoms with Gasteiger partial charge in [0, 0.05) is 24.4 Å². The van der Waals surface area contributed by atoms with Crippen molar-refractivity contribution in [2.24, 2.45) is 0 Å². The molecule has 1 aromatic rings. The molecule has 92 valence electrons. The van der Waals surface area contributed by atoms with Crippen LogP contribution >= 0.6 is 0 Å². The number of pyridine rings is 1. The highest BCUT2D eigenvalue weighted by Crippen LogP contribution is 2.20. The number of ketones is 1. The number of rotatable bonds is 5. The van der Waals surface area contributed by atoms with Gasteiger partial charge in [-0.25, -0.2) is 0 Å². The number of carbonyl (C=O) groups excluding carboxylic acids is 2. The molecule has 0 atom stereocenters. The largest absolute Gasteiger partial charge is 0.355 e. The van der Waals surface area contributed by atoms with E-state index in [0.29, 0.717) is 6.54 Å². The zero-order valence-electron chi connectivity index (χ0n) is 10.5. The van der Waals surface area contributed by atoms with E-state index in [0.717, 1.165) is 5.56 Å². The van der Waals surface area contributed by atoms with Gasteiger partial charge in [-0.3, -0.25) is 14.6 Å². The molecule has 1 N–H and O–H groups in total. The molecule has 0 aliphatic heterocycles. The molecule has 4 heteroatoms. The molecule has 0 spiro atoms. The second-order valence-electron chi connectivity index (χ2n) is 4.78. The van der Waals surface area contributed by atoms with Gasteiger partial charge in [0.2, 0.25) is 5.91 Å². The van der Waals surface area contributed by atoms with Crippen LogP contribution in [-0.4, -0.2) is 23.2 Å². The average molecular weight is 234 g/mol. The van der Waals surface area contributed by atoms with Crippen molar-refractivity contribution >= 4 is 11.7 Å². The van der Waals surface area contributed by atoms with Crippen molar-refractivity contribution in [1.82, 2.24) is 10.3 Å². The number of nitrogens with one attached hydrogen (secondary N) is 1. The lowest BCUT2D eigenvalue weighted by atomic mass is 9.85.